The summed E-state index contributed by atoms with van der Waals surface area (Å²) in [6.07, 6.45) is 9.22. The molecule has 2 heteroatoms. The number of hydrogen-bond acceptors (Lipinski definition) is 2. The Morgan fingerprint density at radius 3 is 2.32 bits per heavy atom. The lowest BCUT2D eigenvalue weighted by molar-refractivity contribution is -0.0513. The summed E-state index contributed by atoms with van der Waals surface area (Å²) in [4.78, 5) is 2.79. The van der Waals surface area contributed by atoms with Crippen molar-refractivity contribution in [3.63, 3.8) is 0 Å². The maximum absolute atomic E-state index is 3.66. The summed E-state index contributed by atoms with van der Waals surface area (Å²) in [6, 6.07) is 0.755. The number of hydrogen-bond donors (Lipinski definition) is 1. The second-order valence-corrected chi connectivity index (χ2v) is 7.91. The van der Waals surface area contributed by atoms with Crippen molar-refractivity contribution in [1.29, 1.82) is 0 Å². The highest BCUT2D eigenvalue weighted by Crippen LogP contribution is 2.56. The summed E-state index contributed by atoms with van der Waals surface area (Å²) in [6.45, 7) is 7.56. The van der Waals surface area contributed by atoms with Crippen LogP contribution in [0.15, 0.2) is 0 Å². The Labute approximate surface area is 118 Å². The van der Waals surface area contributed by atoms with Crippen LogP contribution in [0.25, 0.3) is 0 Å². The topological polar surface area (TPSA) is 15.3 Å². The number of piperazine rings is 1. The third kappa shape index (κ3) is 2.35. The van der Waals surface area contributed by atoms with Gasteiger partial charge in [-0.15, -0.1) is 0 Å². The van der Waals surface area contributed by atoms with Gasteiger partial charge >= 0.3 is 0 Å². The summed E-state index contributed by atoms with van der Waals surface area (Å²) >= 11 is 0. The molecule has 0 aromatic rings. The summed E-state index contributed by atoms with van der Waals surface area (Å²) in [5.74, 6) is 5.52. The quantitative estimate of drug-likeness (QED) is 0.841. The second kappa shape index (κ2) is 5.04. The Hall–Kier alpha value is -0.0800. The second-order valence-electron chi connectivity index (χ2n) is 7.91. The zero-order chi connectivity index (χ0) is 12.8. The molecule has 0 amide bonds. The highest BCUT2D eigenvalue weighted by Gasteiger charge is 2.48. The normalized spacial score (nSPS) is 49.7. The Bertz CT molecular complexity index is 299. The van der Waals surface area contributed by atoms with Gasteiger partial charge in [0.2, 0.25) is 0 Å². The fourth-order valence-electron chi connectivity index (χ4n) is 5.97. The number of rotatable bonds is 3. The molecule has 19 heavy (non-hydrogen) atoms. The fourth-order valence-corrected chi connectivity index (χ4v) is 5.97. The van der Waals surface area contributed by atoms with Crippen molar-refractivity contribution in [1.82, 2.24) is 10.2 Å². The minimum Gasteiger partial charge on any atom is -0.311 e. The molecule has 1 aliphatic heterocycles. The van der Waals surface area contributed by atoms with Crippen molar-refractivity contribution < 1.29 is 0 Å². The van der Waals surface area contributed by atoms with Crippen LogP contribution >= 0.6 is 0 Å². The molecule has 4 bridgehead atoms. The van der Waals surface area contributed by atoms with Crippen molar-refractivity contribution in [2.75, 3.05) is 26.2 Å². The van der Waals surface area contributed by atoms with Gasteiger partial charge in [0.25, 0.3) is 0 Å². The van der Waals surface area contributed by atoms with E-state index in [0.29, 0.717) is 0 Å². The van der Waals surface area contributed by atoms with Gasteiger partial charge in [-0.25, -0.2) is 0 Å². The highest BCUT2D eigenvalue weighted by atomic mass is 15.2. The molecule has 0 radical (unpaired) electrons. The predicted octanol–water partition coefficient (Wildman–Crippen LogP) is 2.74. The van der Waals surface area contributed by atoms with Crippen LogP contribution in [0.5, 0.6) is 0 Å². The average Bonchev–Trinajstić information content (AvgIpc) is 2.42. The van der Waals surface area contributed by atoms with E-state index in [1.165, 1.54) is 32.6 Å². The molecule has 5 fully saturated rings. The van der Waals surface area contributed by atoms with E-state index in [1.54, 1.807) is 32.1 Å². The largest absolute Gasteiger partial charge is 0.311 e. The molecule has 1 atom stereocenters. The van der Waals surface area contributed by atoms with Crippen LogP contribution < -0.4 is 5.32 Å². The third-order valence-corrected chi connectivity index (χ3v) is 6.72. The first-order chi connectivity index (χ1) is 9.31. The van der Waals surface area contributed by atoms with Crippen molar-refractivity contribution in [3.8, 4) is 0 Å². The Morgan fingerprint density at radius 1 is 1.00 bits per heavy atom. The Kier molecular flexibility index (Phi) is 3.35. The van der Waals surface area contributed by atoms with Gasteiger partial charge in [0.15, 0.2) is 0 Å². The molecule has 4 aliphatic carbocycles. The maximum atomic E-state index is 3.66. The van der Waals surface area contributed by atoms with Crippen LogP contribution in [-0.2, 0) is 0 Å². The van der Waals surface area contributed by atoms with Crippen LogP contribution in [0.1, 0.15) is 45.4 Å². The van der Waals surface area contributed by atoms with E-state index in [1.807, 2.05) is 0 Å². The number of nitrogens with one attached hydrogen (secondary N) is 1. The molecule has 2 nitrogen and oxygen atoms in total. The molecular formula is C17H30N2. The molecule has 1 unspecified atom stereocenters. The maximum Gasteiger partial charge on any atom is 0.0192 e. The summed E-state index contributed by atoms with van der Waals surface area (Å²) < 4.78 is 0. The summed E-state index contributed by atoms with van der Waals surface area (Å²) in [5.41, 5.74) is 0. The van der Waals surface area contributed by atoms with E-state index in [0.717, 1.165) is 35.6 Å². The zero-order valence-electron chi connectivity index (χ0n) is 12.5. The molecule has 0 spiro atoms. The minimum atomic E-state index is 0.755. The molecule has 108 valence electrons. The van der Waals surface area contributed by atoms with Crippen LogP contribution in [0.3, 0.4) is 0 Å². The lowest BCUT2D eigenvalue weighted by Gasteiger charge is -2.55. The summed E-state index contributed by atoms with van der Waals surface area (Å²) in [5, 5.41) is 3.66. The number of nitrogens with zero attached hydrogens (tertiary/aromatic N) is 1. The van der Waals surface area contributed by atoms with Gasteiger partial charge < -0.3 is 10.2 Å². The molecule has 1 N–H and O–H groups in total. The van der Waals surface area contributed by atoms with Gasteiger partial charge in [-0.3, -0.25) is 0 Å². The zero-order valence-corrected chi connectivity index (χ0v) is 12.5. The van der Waals surface area contributed by atoms with E-state index in [2.05, 4.69) is 17.1 Å². The minimum absolute atomic E-state index is 0.755. The van der Waals surface area contributed by atoms with Gasteiger partial charge in [-0.05, 0) is 68.1 Å². The van der Waals surface area contributed by atoms with Crippen molar-refractivity contribution >= 4 is 0 Å². The molecule has 0 aromatic carbocycles. The van der Waals surface area contributed by atoms with Crippen LogP contribution in [0.4, 0.5) is 0 Å². The third-order valence-electron chi connectivity index (χ3n) is 6.72. The molecule has 1 heterocycles. The Balaban J connectivity index is 1.40. The van der Waals surface area contributed by atoms with Crippen molar-refractivity contribution in [3.05, 3.63) is 0 Å². The smallest absolute Gasteiger partial charge is 0.0192 e. The van der Waals surface area contributed by atoms with Gasteiger partial charge in [0.05, 0.1) is 0 Å². The van der Waals surface area contributed by atoms with E-state index >= 15 is 0 Å². The SMILES string of the molecule is CCC1CN(CC2C3CC4CC(C3)CC2C4)CCN1. The van der Waals surface area contributed by atoms with Gasteiger partial charge in [0, 0.05) is 32.2 Å². The van der Waals surface area contributed by atoms with Gasteiger partial charge in [0.1, 0.15) is 0 Å². The van der Waals surface area contributed by atoms with Crippen molar-refractivity contribution in [2.45, 2.75) is 51.5 Å². The first kappa shape index (κ1) is 12.6. The van der Waals surface area contributed by atoms with Crippen molar-refractivity contribution in [2.24, 2.45) is 29.6 Å². The monoisotopic (exact) mass is 262 g/mol. The molecule has 1 saturated heterocycles. The first-order valence-electron chi connectivity index (χ1n) is 8.77. The highest BCUT2D eigenvalue weighted by molar-refractivity contribution is 4.99. The summed E-state index contributed by atoms with van der Waals surface area (Å²) in [7, 11) is 0. The molecule has 0 aromatic heterocycles. The van der Waals surface area contributed by atoms with Crippen LogP contribution in [0, 0.1) is 29.6 Å². The fraction of sp³-hybridized carbons (Fsp3) is 1.00. The van der Waals surface area contributed by atoms with E-state index in [-0.39, 0.29) is 0 Å². The van der Waals surface area contributed by atoms with E-state index < -0.39 is 0 Å². The molecule has 4 saturated carbocycles. The van der Waals surface area contributed by atoms with Crippen LogP contribution in [0.2, 0.25) is 0 Å². The van der Waals surface area contributed by atoms with Gasteiger partial charge in [-0.2, -0.15) is 0 Å². The Morgan fingerprint density at radius 2 is 1.68 bits per heavy atom. The lowest BCUT2D eigenvalue weighted by atomic mass is 9.52. The molecule has 5 aliphatic rings. The standard InChI is InChI=1S/C17H30N2/c1-2-16-10-19(4-3-18-16)11-17-14-6-12-5-13(8-14)9-15(17)7-12/h12-18H,2-11H2,1H3. The molecule has 5 rings (SSSR count). The lowest BCUT2D eigenvalue weighted by Crippen LogP contribution is -2.55. The van der Waals surface area contributed by atoms with E-state index in [4.69, 9.17) is 0 Å². The predicted molar refractivity (Wildman–Crippen MR) is 79.1 cm³/mol. The first-order valence-corrected chi connectivity index (χ1v) is 8.77. The molecular weight excluding hydrogens is 232 g/mol. The average molecular weight is 262 g/mol. The van der Waals surface area contributed by atoms with E-state index in [9.17, 15) is 0 Å². The van der Waals surface area contributed by atoms with Crippen LogP contribution in [-0.4, -0.2) is 37.1 Å². The van der Waals surface area contributed by atoms with Gasteiger partial charge in [-0.1, -0.05) is 6.92 Å².